The average Bonchev–Trinajstić information content (AvgIpc) is 3.25. The summed E-state index contributed by atoms with van der Waals surface area (Å²) in [7, 11) is 0. The molecule has 1 saturated heterocycles. The van der Waals surface area contributed by atoms with E-state index in [1.165, 1.54) is 28.9 Å². The summed E-state index contributed by atoms with van der Waals surface area (Å²) in [5.74, 6) is 0.458. The zero-order valence-corrected chi connectivity index (χ0v) is 14.8. The van der Waals surface area contributed by atoms with Crippen LogP contribution in [0.2, 0.25) is 0 Å². The van der Waals surface area contributed by atoms with Gasteiger partial charge in [-0.05, 0) is 24.3 Å². The first-order valence-corrected chi connectivity index (χ1v) is 8.89. The van der Waals surface area contributed by atoms with Crippen molar-refractivity contribution in [3.8, 4) is 11.5 Å². The van der Waals surface area contributed by atoms with Crippen LogP contribution in [-0.4, -0.2) is 46.5 Å². The summed E-state index contributed by atoms with van der Waals surface area (Å²) in [4.78, 5) is 33.2. The van der Waals surface area contributed by atoms with Crippen LogP contribution in [0.4, 0.5) is 5.69 Å². The van der Waals surface area contributed by atoms with Crippen molar-refractivity contribution in [3.63, 3.8) is 0 Å². The Morgan fingerprint density at radius 3 is 2.48 bits per heavy atom. The third kappa shape index (κ3) is 3.76. The summed E-state index contributed by atoms with van der Waals surface area (Å²) in [6.45, 7) is 2.83. The standard InChI is InChI=1S/C20H20N4O3/c25-19-13-17(18-7-4-12-27-18)21-15-24(19)14-20(26)23-10-8-22(9-11-23)16-5-2-1-3-6-16/h1-7,12-13,15H,8-11,14H2. The molecule has 2 aromatic heterocycles. The number of rotatable bonds is 4. The van der Waals surface area contributed by atoms with Gasteiger partial charge >= 0.3 is 0 Å². The fraction of sp³-hybridized carbons (Fsp3) is 0.250. The first kappa shape index (κ1) is 17.1. The van der Waals surface area contributed by atoms with Gasteiger partial charge in [-0.2, -0.15) is 0 Å². The van der Waals surface area contributed by atoms with E-state index in [9.17, 15) is 9.59 Å². The molecule has 27 heavy (non-hydrogen) atoms. The van der Waals surface area contributed by atoms with E-state index in [-0.39, 0.29) is 18.0 Å². The van der Waals surface area contributed by atoms with Gasteiger partial charge in [-0.1, -0.05) is 18.2 Å². The third-order valence-corrected chi connectivity index (χ3v) is 4.71. The second-order valence-electron chi connectivity index (χ2n) is 6.42. The van der Waals surface area contributed by atoms with Crippen molar-refractivity contribution in [2.45, 2.75) is 6.54 Å². The Balaban J connectivity index is 1.38. The van der Waals surface area contributed by atoms with Crippen molar-refractivity contribution in [2.24, 2.45) is 0 Å². The minimum absolute atomic E-state index is 0.00436. The minimum atomic E-state index is -0.271. The highest BCUT2D eigenvalue weighted by Crippen LogP contribution is 2.16. The van der Waals surface area contributed by atoms with Crippen LogP contribution in [0.15, 0.2) is 70.3 Å². The number of carbonyl (C=O) groups excluding carboxylic acids is 1. The summed E-state index contributed by atoms with van der Waals surface area (Å²) in [5.41, 5.74) is 1.36. The van der Waals surface area contributed by atoms with Gasteiger partial charge in [0.2, 0.25) is 5.91 Å². The maximum atomic E-state index is 12.6. The summed E-state index contributed by atoms with van der Waals surface area (Å²) in [6.07, 6.45) is 2.93. The van der Waals surface area contributed by atoms with Gasteiger partial charge in [0.15, 0.2) is 5.76 Å². The fourth-order valence-corrected chi connectivity index (χ4v) is 3.20. The molecule has 0 N–H and O–H groups in total. The Kier molecular flexibility index (Phi) is 4.74. The predicted octanol–water partition coefficient (Wildman–Crippen LogP) is 1.85. The molecule has 1 aliphatic heterocycles. The van der Waals surface area contributed by atoms with E-state index in [1.54, 1.807) is 17.0 Å². The number of benzene rings is 1. The highest BCUT2D eigenvalue weighted by atomic mass is 16.3. The molecule has 3 heterocycles. The van der Waals surface area contributed by atoms with Crippen molar-refractivity contribution in [1.82, 2.24) is 14.5 Å². The van der Waals surface area contributed by atoms with Gasteiger partial charge in [0.1, 0.15) is 12.2 Å². The highest BCUT2D eigenvalue weighted by molar-refractivity contribution is 5.76. The average molecular weight is 364 g/mol. The van der Waals surface area contributed by atoms with Gasteiger partial charge in [-0.3, -0.25) is 14.2 Å². The van der Waals surface area contributed by atoms with E-state index < -0.39 is 0 Å². The van der Waals surface area contributed by atoms with Crippen molar-refractivity contribution in [2.75, 3.05) is 31.1 Å². The lowest BCUT2D eigenvalue weighted by molar-refractivity contribution is -0.132. The quantitative estimate of drug-likeness (QED) is 0.707. The number of piperazine rings is 1. The number of amides is 1. The lowest BCUT2D eigenvalue weighted by Crippen LogP contribution is -2.50. The molecule has 1 aromatic carbocycles. The summed E-state index contributed by atoms with van der Waals surface area (Å²) < 4.78 is 6.58. The van der Waals surface area contributed by atoms with E-state index in [4.69, 9.17) is 4.42 Å². The van der Waals surface area contributed by atoms with Crippen LogP contribution < -0.4 is 10.5 Å². The van der Waals surface area contributed by atoms with Crippen molar-refractivity contribution < 1.29 is 9.21 Å². The number of furan rings is 1. The Morgan fingerprint density at radius 2 is 1.81 bits per heavy atom. The monoisotopic (exact) mass is 364 g/mol. The number of carbonyl (C=O) groups is 1. The SMILES string of the molecule is O=C(Cn1cnc(-c2ccco2)cc1=O)N1CCN(c2ccccc2)CC1. The van der Waals surface area contributed by atoms with Crippen molar-refractivity contribution >= 4 is 11.6 Å². The summed E-state index contributed by atoms with van der Waals surface area (Å²) in [5, 5.41) is 0. The van der Waals surface area contributed by atoms with Gasteiger partial charge in [0.25, 0.3) is 5.56 Å². The Hall–Kier alpha value is -3.35. The number of anilines is 1. The second kappa shape index (κ2) is 7.49. The van der Waals surface area contributed by atoms with Crippen LogP contribution in [0.1, 0.15) is 0 Å². The van der Waals surface area contributed by atoms with Gasteiger partial charge in [-0.25, -0.2) is 4.98 Å². The smallest absolute Gasteiger partial charge is 0.254 e. The molecule has 1 fully saturated rings. The van der Waals surface area contributed by atoms with Gasteiger partial charge < -0.3 is 14.2 Å². The van der Waals surface area contributed by atoms with Crippen LogP contribution in [0.5, 0.6) is 0 Å². The number of hydrogen-bond donors (Lipinski definition) is 0. The van der Waals surface area contributed by atoms with Crippen molar-refractivity contribution in [3.05, 3.63) is 71.5 Å². The first-order valence-electron chi connectivity index (χ1n) is 8.89. The molecule has 0 unspecified atom stereocenters. The van der Waals surface area contributed by atoms with Crippen LogP contribution in [0.25, 0.3) is 11.5 Å². The molecular weight excluding hydrogens is 344 g/mol. The maximum absolute atomic E-state index is 12.6. The van der Waals surface area contributed by atoms with E-state index in [2.05, 4.69) is 22.0 Å². The van der Waals surface area contributed by atoms with Gasteiger partial charge in [0, 0.05) is 37.9 Å². The Morgan fingerprint density at radius 1 is 1.04 bits per heavy atom. The zero-order chi connectivity index (χ0) is 18.6. The van der Waals surface area contributed by atoms with Gasteiger partial charge in [0.05, 0.1) is 12.6 Å². The molecule has 0 bridgehead atoms. The largest absolute Gasteiger partial charge is 0.463 e. The molecule has 0 atom stereocenters. The fourth-order valence-electron chi connectivity index (χ4n) is 3.20. The third-order valence-electron chi connectivity index (χ3n) is 4.71. The molecule has 0 saturated carbocycles. The van der Waals surface area contributed by atoms with E-state index in [0.717, 1.165) is 13.1 Å². The normalized spacial score (nSPS) is 14.4. The molecule has 4 rings (SSSR count). The summed E-state index contributed by atoms with van der Waals surface area (Å²) >= 11 is 0. The number of aromatic nitrogens is 2. The molecule has 138 valence electrons. The number of para-hydroxylation sites is 1. The van der Waals surface area contributed by atoms with Gasteiger partial charge in [-0.15, -0.1) is 0 Å². The maximum Gasteiger partial charge on any atom is 0.254 e. The molecule has 7 heteroatoms. The van der Waals surface area contributed by atoms with E-state index >= 15 is 0 Å². The lowest BCUT2D eigenvalue weighted by Gasteiger charge is -2.36. The van der Waals surface area contributed by atoms with Crippen LogP contribution in [0, 0.1) is 0 Å². The van der Waals surface area contributed by atoms with Crippen LogP contribution in [-0.2, 0) is 11.3 Å². The zero-order valence-electron chi connectivity index (χ0n) is 14.8. The van der Waals surface area contributed by atoms with E-state index in [0.29, 0.717) is 24.5 Å². The Bertz CT molecular complexity index is 958. The number of hydrogen-bond acceptors (Lipinski definition) is 5. The van der Waals surface area contributed by atoms with E-state index in [1.807, 2.05) is 18.2 Å². The van der Waals surface area contributed by atoms with Crippen LogP contribution in [0.3, 0.4) is 0 Å². The molecule has 0 aliphatic carbocycles. The minimum Gasteiger partial charge on any atom is -0.463 e. The molecule has 3 aromatic rings. The topological polar surface area (TPSA) is 71.6 Å². The molecule has 1 amide bonds. The molecule has 0 spiro atoms. The second-order valence-corrected chi connectivity index (χ2v) is 6.42. The molecular formula is C20H20N4O3. The highest BCUT2D eigenvalue weighted by Gasteiger charge is 2.21. The first-order chi connectivity index (χ1) is 13.2. The van der Waals surface area contributed by atoms with Crippen molar-refractivity contribution in [1.29, 1.82) is 0 Å². The number of nitrogens with zero attached hydrogens (tertiary/aromatic N) is 4. The lowest BCUT2D eigenvalue weighted by atomic mass is 10.2. The summed E-state index contributed by atoms with van der Waals surface area (Å²) in [6, 6.07) is 15.0. The Labute approximate surface area is 156 Å². The predicted molar refractivity (Wildman–Crippen MR) is 101 cm³/mol. The molecule has 0 radical (unpaired) electrons. The molecule has 1 aliphatic rings. The molecule has 7 nitrogen and oxygen atoms in total. The van der Waals surface area contributed by atoms with Crippen LogP contribution >= 0.6 is 0 Å².